The second-order valence-electron chi connectivity index (χ2n) is 6.28. The summed E-state index contributed by atoms with van der Waals surface area (Å²) in [6.07, 6.45) is 1.29. The monoisotopic (exact) mass is 371 g/mol. The van der Waals surface area contributed by atoms with Crippen molar-refractivity contribution in [2.45, 2.75) is 18.9 Å². The van der Waals surface area contributed by atoms with E-state index >= 15 is 0 Å². The molecule has 0 bridgehead atoms. The molecule has 1 aliphatic heterocycles. The van der Waals surface area contributed by atoms with Crippen LogP contribution in [0.4, 0.5) is 25.8 Å². The molecule has 1 N–H and O–H groups in total. The molecule has 27 heavy (non-hydrogen) atoms. The second-order valence-corrected chi connectivity index (χ2v) is 6.28. The Labute approximate surface area is 156 Å². The lowest BCUT2D eigenvalue weighted by molar-refractivity contribution is 0.0595. The number of nitrogens with one attached hydrogen (secondary N) is 1. The Kier molecular flexibility index (Phi) is 5.55. The molecule has 140 valence electrons. The fourth-order valence-corrected chi connectivity index (χ4v) is 3.25. The zero-order valence-electron chi connectivity index (χ0n) is 14.8. The van der Waals surface area contributed by atoms with Crippen molar-refractivity contribution in [1.29, 1.82) is 0 Å². The van der Waals surface area contributed by atoms with Gasteiger partial charge in [0, 0.05) is 24.8 Å². The number of hydrogen-bond acceptors (Lipinski definition) is 4. The molecule has 1 saturated heterocycles. The number of piperidine rings is 1. The molecule has 1 heterocycles. The van der Waals surface area contributed by atoms with Gasteiger partial charge in [0.1, 0.15) is 11.5 Å². The highest BCUT2D eigenvalue weighted by atomic mass is 19.1. The maximum absolute atomic E-state index is 14.5. The minimum absolute atomic E-state index is 0.141. The Hall–Kier alpha value is -3.14. The number of hydrogen-bond donors (Lipinski definition) is 1. The van der Waals surface area contributed by atoms with Gasteiger partial charge in [0.15, 0.2) is 5.82 Å². The topological polar surface area (TPSA) is 45.9 Å². The number of rotatable bonds is 4. The van der Waals surface area contributed by atoms with E-state index in [-0.39, 0.29) is 17.3 Å². The van der Waals surface area contributed by atoms with Crippen molar-refractivity contribution in [3.63, 3.8) is 0 Å². The summed E-state index contributed by atoms with van der Waals surface area (Å²) in [7, 11) is 1.15. The van der Waals surface area contributed by atoms with E-state index < -0.39 is 17.6 Å². The lowest BCUT2D eigenvalue weighted by Gasteiger charge is -2.35. The molecule has 0 unspecified atom stereocenters. The molecule has 0 saturated carbocycles. The molecule has 0 radical (unpaired) electrons. The molecule has 0 aromatic heterocycles. The van der Waals surface area contributed by atoms with Crippen molar-refractivity contribution in [3.05, 3.63) is 65.0 Å². The fraction of sp³-hybridized carbons (Fsp3) is 0.300. The van der Waals surface area contributed by atoms with Gasteiger partial charge in [0.05, 0.1) is 19.2 Å². The highest BCUT2D eigenvalue weighted by molar-refractivity contribution is 5.91. The van der Waals surface area contributed by atoms with Crippen LogP contribution in [0, 0.1) is 18.2 Å². The minimum Gasteiger partial charge on any atom is -0.465 e. The third kappa shape index (κ3) is 3.85. The summed E-state index contributed by atoms with van der Waals surface area (Å²) >= 11 is 0. The summed E-state index contributed by atoms with van der Waals surface area (Å²) in [5.74, 6) is -2.54. The summed E-state index contributed by atoms with van der Waals surface area (Å²) < 4.78 is 33.1. The van der Waals surface area contributed by atoms with Gasteiger partial charge in [-0.15, -0.1) is 0 Å². The number of carbonyl (C=O) groups excluding carboxylic acids is 1. The smallest absolute Gasteiger partial charge is 0.340 e. The number of carbonyl (C=O) groups is 1. The SMILES string of the molecule is [C-]#[N+]c1ccccc1N1CCC(Nc2c(F)ccc(C(=O)OC)c2F)CC1. The van der Waals surface area contributed by atoms with E-state index in [0.29, 0.717) is 31.6 Å². The van der Waals surface area contributed by atoms with E-state index in [1.165, 1.54) is 0 Å². The third-order valence-corrected chi connectivity index (χ3v) is 4.68. The number of methoxy groups -OCH3 is 1. The first-order valence-electron chi connectivity index (χ1n) is 8.59. The van der Waals surface area contributed by atoms with Crippen LogP contribution in [0.5, 0.6) is 0 Å². The summed E-state index contributed by atoms with van der Waals surface area (Å²) in [5.41, 5.74) is 0.852. The highest BCUT2D eigenvalue weighted by Gasteiger charge is 2.25. The largest absolute Gasteiger partial charge is 0.465 e. The van der Waals surface area contributed by atoms with Crippen LogP contribution in [-0.2, 0) is 4.74 Å². The van der Waals surface area contributed by atoms with Crippen LogP contribution >= 0.6 is 0 Å². The van der Waals surface area contributed by atoms with Crippen LogP contribution in [-0.4, -0.2) is 32.2 Å². The van der Waals surface area contributed by atoms with Crippen molar-refractivity contribution in [2.24, 2.45) is 0 Å². The van der Waals surface area contributed by atoms with Crippen molar-refractivity contribution in [2.75, 3.05) is 30.4 Å². The number of ether oxygens (including phenoxy) is 1. The number of benzene rings is 2. The molecule has 1 aliphatic rings. The highest BCUT2D eigenvalue weighted by Crippen LogP contribution is 2.31. The standard InChI is InChI=1S/C20H19F2N3O2/c1-23-16-5-3-4-6-17(16)25-11-9-13(10-12-25)24-19-15(21)8-7-14(18(19)22)20(26)27-2/h3-8,13,24H,9-12H2,2H3. The molecule has 3 rings (SSSR count). The van der Waals surface area contributed by atoms with E-state index in [9.17, 15) is 13.6 Å². The summed E-state index contributed by atoms with van der Waals surface area (Å²) in [5, 5.41) is 2.89. The fourth-order valence-electron chi connectivity index (χ4n) is 3.25. The molecule has 0 amide bonds. The van der Waals surface area contributed by atoms with Crippen LogP contribution in [0.15, 0.2) is 36.4 Å². The normalized spacial score (nSPS) is 14.5. The number of halogens is 2. The lowest BCUT2D eigenvalue weighted by Crippen LogP contribution is -2.39. The average molecular weight is 371 g/mol. The van der Waals surface area contributed by atoms with Crippen LogP contribution in [0.3, 0.4) is 0 Å². The first kappa shape index (κ1) is 18.6. The van der Waals surface area contributed by atoms with Gasteiger partial charge >= 0.3 is 5.97 Å². The molecule has 1 fully saturated rings. The summed E-state index contributed by atoms with van der Waals surface area (Å²) in [6.45, 7) is 8.59. The summed E-state index contributed by atoms with van der Waals surface area (Å²) in [6, 6.07) is 9.38. The second kappa shape index (κ2) is 8.04. The Morgan fingerprint density at radius 3 is 2.59 bits per heavy atom. The van der Waals surface area contributed by atoms with Gasteiger partial charge in [-0.25, -0.2) is 18.4 Å². The van der Waals surface area contributed by atoms with Gasteiger partial charge in [-0.1, -0.05) is 18.2 Å². The first-order chi connectivity index (χ1) is 13.0. The minimum atomic E-state index is -0.942. The molecule has 2 aromatic carbocycles. The molecule has 0 atom stereocenters. The van der Waals surface area contributed by atoms with Gasteiger partial charge in [0.2, 0.25) is 5.69 Å². The van der Waals surface area contributed by atoms with Crippen molar-refractivity contribution in [1.82, 2.24) is 0 Å². The van der Waals surface area contributed by atoms with E-state index in [4.69, 9.17) is 6.57 Å². The van der Waals surface area contributed by atoms with Gasteiger partial charge in [-0.05, 0) is 31.0 Å². The molecular weight excluding hydrogens is 352 g/mol. The first-order valence-corrected chi connectivity index (χ1v) is 8.59. The van der Waals surface area contributed by atoms with E-state index in [1.54, 1.807) is 6.07 Å². The maximum atomic E-state index is 14.5. The van der Waals surface area contributed by atoms with E-state index in [2.05, 4.69) is 19.8 Å². The average Bonchev–Trinajstić information content (AvgIpc) is 2.71. The van der Waals surface area contributed by atoms with Crippen molar-refractivity contribution >= 4 is 23.0 Å². The molecular formula is C20H19F2N3O2. The maximum Gasteiger partial charge on any atom is 0.340 e. The zero-order valence-corrected chi connectivity index (χ0v) is 14.8. The van der Waals surface area contributed by atoms with E-state index in [1.807, 2.05) is 18.2 Å². The third-order valence-electron chi connectivity index (χ3n) is 4.68. The molecule has 2 aromatic rings. The number of nitrogens with zero attached hydrogens (tertiary/aromatic N) is 2. The van der Waals surface area contributed by atoms with Gasteiger partial charge < -0.3 is 15.0 Å². The summed E-state index contributed by atoms with van der Waals surface area (Å²) in [4.78, 5) is 17.2. The van der Waals surface area contributed by atoms with Crippen molar-refractivity contribution < 1.29 is 18.3 Å². The molecule has 0 aliphatic carbocycles. The van der Waals surface area contributed by atoms with E-state index in [0.717, 1.165) is 24.9 Å². The molecule has 5 nitrogen and oxygen atoms in total. The molecule has 7 heteroatoms. The Balaban J connectivity index is 1.71. The number of para-hydroxylation sites is 2. The van der Waals surface area contributed by atoms with Gasteiger partial charge in [0.25, 0.3) is 0 Å². The van der Waals surface area contributed by atoms with Gasteiger partial charge in [-0.2, -0.15) is 0 Å². The van der Waals surface area contributed by atoms with Crippen LogP contribution in [0.1, 0.15) is 23.2 Å². The lowest BCUT2D eigenvalue weighted by atomic mass is 10.0. The number of esters is 1. The quantitative estimate of drug-likeness (QED) is 0.640. The van der Waals surface area contributed by atoms with Crippen LogP contribution < -0.4 is 10.2 Å². The zero-order chi connectivity index (χ0) is 19.4. The Bertz CT molecular complexity index is 887. The predicted molar refractivity (Wildman–Crippen MR) is 99.3 cm³/mol. The van der Waals surface area contributed by atoms with Crippen LogP contribution in [0.25, 0.3) is 4.85 Å². The number of anilines is 2. The van der Waals surface area contributed by atoms with Crippen molar-refractivity contribution in [3.8, 4) is 0 Å². The van der Waals surface area contributed by atoms with Gasteiger partial charge in [-0.3, -0.25) is 0 Å². The van der Waals surface area contributed by atoms with Crippen LogP contribution in [0.2, 0.25) is 0 Å². The predicted octanol–water partition coefficient (Wildman–Crippen LogP) is 4.38. The Morgan fingerprint density at radius 1 is 1.22 bits per heavy atom. The Morgan fingerprint density at radius 2 is 1.93 bits per heavy atom. The molecule has 0 spiro atoms.